The first-order valence-corrected chi connectivity index (χ1v) is 47.9. The molecule has 630 valence electrons. The highest BCUT2D eigenvalue weighted by atomic mass is 31.2. The lowest BCUT2D eigenvalue weighted by molar-refractivity contribution is -0.161. The van der Waals surface area contributed by atoms with Crippen LogP contribution in [-0.2, 0) is 65.4 Å². The number of aliphatic hydroxyl groups is 1. The van der Waals surface area contributed by atoms with Crippen LogP contribution in [0.1, 0.15) is 459 Å². The monoisotopic (exact) mass is 1550 g/mol. The molecule has 0 aromatic carbocycles. The summed E-state index contributed by atoms with van der Waals surface area (Å²) in [4.78, 5) is 73.2. The van der Waals surface area contributed by atoms with Crippen molar-refractivity contribution in [2.75, 3.05) is 39.6 Å². The van der Waals surface area contributed by atoms with Gasteiger partial charge in [0.2, 0.25) is 0 Å². The highest BCUT2D eigenvalue weighted by molar-refractivity contribution is 7.47. The third kappa shape index (κ3) is 77.4. The minimum atomic E-state index is -4.97. The van der Waals surface area contributed by atoms with E-state index in [-0.39, 0.29) is 25.7 Å². The molecule has 0 spiro atoms. The highest BCUT2D eigenvalue weighted by Crippen LogP contribution is 2.45. The van der Waals surface area contributed by atoms with Gasteiger partial charge in [-0.25, -0.2) is 9.13 Å². The maximum atomic E-state index is 13.2. The van der Waals surface area contributed by atoms with E-state index >= 15 is 0 Å². The Bertz CT molecular complexity index is 2050. The molecule has 7 atom stereocenters. The van der Waals surface area contributed by atoms with Crippen molar-refractivity contribution in [2.45, 2.75) is 478 Å². The summed E-state index contributed by atoms with van der Waals surface area (Å²) >= 11 is 0. The SMILES string of the molecule is CCCCCCCCCCCCCCCCCCCCCC(=O)OC[C@H](COP(=O)(O)OC[C@@H](O)COP(=O)(O)OC[C@@H](COC(=O)CCCCCCCCC(C)CC)OC(=O)CCCCCCCCCCCCCCC(C)C)OC(=O)CCCCCCCCCCCCCCCCCCCCC(C)CC. The Labute approximate surface area is 651 Å². The number of carbonyl (C=O) groups excluding carboxylic acids is 4. The van der Waals surface area contributed by atoms with Gasteiger partial charge in [-0.1, -0.05) is 408 Å². The van der Waals surface area contributed by atoms with Crippen LogP contribution < -0.4 is 0 Å². The molecule has 0 aliphatic heterocycles. The molecule has 0 bridgehead atoms. The first-order valence-electron chi connectivity index (χ1n) is 44.9. The van der Waals surface area contributed by atoms with Gasteiger partial charge >= 0.3 is 39.5 Å². The van der Waals surface area contributed by atoms with Gasteiger partial charge in [0.1, 0.15) is 19.3 Å². The maximum absolute atomic E-state index is 13.2. The smallest absolute Gasteiger partial charge is 0.462 e. The Balaban J connectivity index is 5.23. The molecule has 17 nitrogen and oxygen atoms in total. The van der Waals surface area contributed by atoms with Gasteiger partial charge in [-0.2, -0.15) is 0 Å². The standard InChI is InChI=1S/C87H170O17P2/c1-8-11-12-13-14-15-16-17-18-19-20-24-27-30-36-41-46-54-61-68-84(89)97-74-82(103-86(91)70-63-56-47-42-37-31-28-25-22-21-23-26-29-35-40-45-52-59-66-79(6)9-2)76-101-105(93,94)99-72-81(88)73-100-106(95,96)102-77-83(75-98-85(90)69-62-55-50-49-53-60-67-80(7)10-3)104-87(92)71-64-57-48-43-38-33-32-34-39-44-51-58-65-78(4)5/h78-83,88H,8-77H2,1-7H3,(H,93,94)(H,95,96)/t79?,80?,81-,82-,83-/m1/s1. The number of unbranched alkanes of at least 4 members (excludes halogenated alkanes) is 51. The molecule has 0 amide bonds. The number of carbonyl (C=O) groups is 4. The van der Waals surface area contributed by atoms with Crippen molar-refractivity contribution < 1.29 is 80.2 Å². The molecule has 0 saturated heterocycles. The highest BCUT2D eigenvalue weighted by Gasteiger charge is 2.31. The Kier molecular flexibility index (Phi) is 75.6. The Morgan fingerprint density at radius 2 is 0.481 bits per heavy atom. The van der Waals surface area contributed by atoms with Crippen LogP contribution in [0.15, 0.2) is 0 Å². The predicted molar refractivity (Wildman–Crippen MR) is 437 cm³/mol. The van der Waals surface area contributed by atoms with E-state index in [1.54, 1.807) is 0 Å². The molecular weight excluding hydrogens is 1380 g/mol. The van der Waals surface area contributed by atoms with Gasteiger partial charge in [0.05, 0.1) is 26.4 Å². The molecule has 4 unspecified atom stereocenters. The summed E-state index contributed by atoms with van der Waals surface area (Å²) in [5.41, 5.74) is 0. The first kappa shape index (κ1) is 104. The Hall–Kier alpha value is -1.94. The second kappa shape index (κ2) is 77.0. The van der Waals surface area contributed by atoms with Crippen molar-refractivity contribution in [3.05, 3.63) is 0 Å². The molecule has 0 aliphatic rings. The zero-order valence-electron chi connectivity index (χ0n) is 69.9. The summed E-state index contributed by atoms with van der Waals surface area (Å²) in [6.07, 6.45) is 68.1. The first-order chi connectivity index (χ1) is 51.3. The molecule has 0 radical (unpaired) electrons. The second-order valence-corrected chi connectivity index (χ2v) is 35.1. The van der Waals surface area contributed by atoms with Gasteiger partial charge < -0.3 is 33.8 Å². The predicted octanol–water partition coefficient (Wildman–Crippen LogP) is 26.5. The van der Waals surface area contributed by atoms with Gasteiger partial charge in [-0.15, -0.1) is 0 Å². The number of phosphoric ester groups is 2. The normalized spacial score (nSPS) is 14.4. The van der Waals surface area contributed by atoms with Crippen molar-refractivity contribution >= 4 is 39.5 Å². The fourth-order valence-corrected chi connectivity index (χ4v) is 15.1. The lowest BCUT2D eigenvalue weighted by Gasteiger charge is -2.21. The average molecular weight is 1550 g/mol. The van der Waals surface area contributed by atoms with Gasteiger partial charge in [0, 0.05) is 25.7 Å². The summed E-state index contributed by atoms with van der Waals surface area (Å²) in [7, 11) is -9.93. The molecule has 0 saturated carbocycles. The van der Waals surface area contributed by atoms with E-state index in [1.807, 2.05) is 0 Å². The van der Waals surface area contributed by atoms with Crippen LogP contribution >= 0.6 is 15.6 Å². The number of phosphoric acid groups is 2. The van der Waals surface area contributed by atoms with Crippen molar-refractivity contribution in [2.24, 2.45) is 17.8 Å². The lowest BCUT2D eigenvalue weighted by atomic mass is 9.99. The van der Waals surface area contributed by atoms with Crippen molar-refractivity contribution in [1.82, 2.24) is 0 Å². The molecule has 0 aliphatic carbocycles. The van der Waals surface area contributed by atoms with Crippen molar-refractivity contribution in [1.29, 1.82) is 0 Å². The Morgan fingerprint density at radius 1 is 0.274 bits per heavy atom. The third-order valence-electron chi connectivity index (χ3n) is 21.1. The van der Waals surface area contributed by atoms with Crippen molar-refractivity contribution in [3.8, 4) is 0 Å². The summed E-state index contributed by atoms with van der Waals surface area (Å²) in [5, 5.41) is 10.7. The van der Waals surface area contributed by atoms with E-state index in [9.17, 15) is 43.2 Å². The summed E-state index contributed by atoms with van der Waals surface area (Å²) in [6.45, 7) is 12.0. The van der Waals surface area contributed by atoms with E-state index in [4.69, 9.17) is 37.0 Å². The Morgan fingerprint density at radius 3 is 0.717 bits per heavy atom. The van der Waals surface area contributed by atoms with Gasteiger partial charge in [0.15, 0.2) is 12.2 Å². The quantitative estimate of drug-likeness (QED) is 0.0222. The van der Waals surface area contributed by atoms with Crippen molar-refractivity contribution in [3.63, 3.8) is 0 Å². The van der Waals surface area contributed by atoms with E-state index in [2.05, 4.69) is 48.5 Å². The molecule has 0 heterocycles. The van der Waals surface area contributed by atoms with Crippen LogP contribution in [0.2, 0.25) is 0 Å². The topological polar surface area (TPSA) is 237 Å². The number of hydrogen-bond donors (Lipinski definition) is 3. The molecule has 0 rings (SSSR count). The van der Waals surface area contributed by atoms with Crippen LogP contribution in [0.3, 0.4) is 0 Å². The van der Waals surface area contributed by atoms with Crippen LogP contribution in [-0.4, -0.2) is 96.7 Å². The fourth-order valence-electron chi connectivity index (χ4n) is 13.5. The minimum absolute atomic E-state index is 0.106. The van der Waals surface area contributed by atoms with Crippen LogP contribution in [0.4, 0.5) is 0 Å². The van der Waals surface area contributed by atoms with Gasteiger partial charge in [0.25, 0.3) is 0 Å². The molecule has 19 heteroatoms. The fraction of sp³-hybridized carbons (Fsp3) is 0.954. The lowest BCUT2D eigenvalue weighted by Crippen LogP contribution is -2.30. The van der Waals surface area contributed by atoms with Crippen LogP contribution in [0.25, 0.3) is 0 Å². The number of ether oxygens (including phenoxy) is 4. The molecule has 106 heavy (non-hydrogen) atoms. The molecular formula is C87H170O17P2. The molecule has 3 N–H and O–H groups in total. The molecule has 0 fully saturated rings. The van der Waals surface area contributed by atoms with Crippen LogP contribution in [0.5, 0.6) is 0 Å². The zero-order valence-corrected chi connectivity index (χ0v) is 71.7. The number of esters is 4. The third-order valence-corrected chi connectivity index (χ3v) is 23.0. The van der Waals surface area contributed by atoms with Gasteiger partial charge in [-0.3, -0.25) is 37.3 Å². The molecule has 0 aromatic heterocycles. The second-order valence-electron chi connectivity index (χ2n) is 32.2. The molecule has 0 aromatic rings. The van der Waals surface area contributed by atoms with Crippen LogP contribution in [0, 0.1) is 17.8 Å². The van der Waals surface area contributed by atoms with E-state index in [0.717, 1.165) is 114 Å². The maximum Gasteiger partial charge on any atom is 0.472 e. The summed E-state index contributed by atoms with van der Waals surface area (Å²) in [5.74, 6) is 0.273. The van der Waals surface area contributed by atoms with E-state index < -0.39 is 97.5 Å². The summed E-state index contributed by atoms with van der Waals surface area (Å²) < 4.78 is 68.9. The van der Waals surface area contributed by atoms with E-state index in [1.165, 1.54) is 263 Å². The average Bonchev–Trinajstić information content (AvgIpc) is 0.907. The minimum Gasteiger partial charge on any atom is -0.462 e. The number of aliphatic hydroxyl groups excluding tert-OH is 1. The van der Waals surface area contributed by atoms with E-state index in [0.29, 0.717) is 25.7 Å². The number of hydrogen-bond acceptors (Lipinski definition) is 15. The zero-order chi connectivity index (χ0) is 77.9. The summed E-state index contributed by atoms with van der Waals surface area (Å²) in [6, 6.07) is 0. The number of rotatable bonds is 85. The largest absolute Gasteiger partial charge is 0.472 e. The van der Waals surface area contributed by atoms with Gasteiger partial charge in [-0.05, 0) is 43.4 Å².